The van der Waals surface area contributed by atoms with Crippen molar-refractivity contribution < 1.29 is 4.79 Å². The number of rotatable bonds is 5. The minimum atomic E-state index is 0.116. The topological polar surface area (TPSA) is 44.4 Å². The summed E-state index contributed by atoms with van der Waals surface area (Å²) in [7, 11) is 2.16. The fraction of sp³-hybridized carbons (Fsp3) is 0.923. The number of hydrogen-bond acceptors (Lipinski definition) is 3. The van der Waals surface area contributed by atoms with Crippen molar-refractivity contribution in [3.05, 3.63) is 0 Å². The van der Waals surface area contributed by atoms with E-state index in [0.717, 1.165) is 25.9 Å². The third-order valence-corrected chi connectivity index (χ3v) is 3.47. The van der Waals surface area contributed by atoms with Gasteiger partial charge in [-0.2, -0.15) is 0 Å². The molecule has 4 heteroatoms. The van der Waals surface area contributed by atoms with Gasteiger partial charge in [0.15, 0.2) is 0 Å². The second kappa shape index (κ2) is 6.97. The van der Waals surface area contributed by atoms with Crippen LogP contribution < -0.4 is 10.6 Å². The van der Waals surface area contributed by atoms with Gasteiger partial charge in [0, 0.05) is 18.6 Å². The molecule has 4 nitrogen and oxygen atoms in total. The Labute approximate surface area is 105 Å². The largest absolute Gasteiger partial charge is 0.355 e. The molecule has 17 heavy (non-hydrogen) atoms. The van der Waals surface area contributed by atoms with Gasteiger partial charge in [0.1, 0.15) is 0 Å². The van der Waals surface area contributed by atoms with Crippen LogP contribution in [0.2, 0.25) is 0 Å². The molecule has 1 amide bonds. The normalized spacial score (nSPS) is 26.2. The maximum absolute atomic E-state index is 11.6. The van der Waals surface area contributed by atoms with Crippen molar-refractivity contribution in [3.63, 3.8) is 0 Å². The SMILES string of the molecule is CC(C)CNC(=O)CNC1CCN(C)C(C)C1. The van der Waals surface area contributed by atoms with E-state index >= 15 is 0 Å². The van der Waals surface area contributed by atoms with Crippen molar-refractivity contribution in [3.8, 4) is 0 Å². The first-order valence-corrected chi connectivity index (χ1v) is 6.69. The van der Waals surface area contributed by atoms with Crippen molar-refractivity contribution in [1.29, 1.82) is 0 Å². The van der Waals surface area contributed by atoms with Gasteiger partial charge in [0.05, 0.1) is 6.54 Å². The molecule has 1 saturated heterocycles. The van der Waals surface area contributed by atoms with Gasteiger partial charge in [-0.05, 0) is 39.3 Å². The molecule has 1 aliphatic rings. The molecule has 2 N–H and O–H groups in total. The maximum Gasteiger partial charge on any atom is 0.233 e. The molecule has 0 aromatic rings. The summed E-state index contributed by atoms with van der Waals surface area (Å²) in [6, 6.07) is 1.10. The highest BCUT2D eigenvalue weighted by atomic mass is 16.1. The molecular weight excluding hydrogens is 214 g/mol. The second-order valence-electron chi connectivity index (χ2n) is 5.63. The van der Waals surface area contributed by atoms with Gasteiger partial charge in [0.25, 0.3) is 0 Å². The number of nitrogens with one attached hydrogen (secondary N) is 2. The van der Waals surface area contributed by atoms with Crippen LogP contribution in [0.25, 0.3) is 0 Å². The van der Waals surface area contributed by atoms with E-state index in [9.17, 15) is 4.79 Å². The quantitative estimate of drug-likeness (QED) is 0.749. The number of amides is 1. The number of hydrogen-bond donors (Lipinski definition) is 2. The first-order valence-electron chi connectivity index (χ1n) is 6.69. The van der Waals surface area contributed by atoms with E-state index in [2.05, 4.69) is 43.4 Å². The van der Waals surface area contributed by atoms with E-state index in [1.54, 1.807) is 0 Å². The maximum atomic E-state index is 11.6. The molecule has 1 fully saturated rings. The lowest BCUT2D eigenvalue weighted by molar-refractivity contribution is -0.120. The molecule has 1 heterocycles. The van der Waals surface area contributed by atoms with Crippen LogP contribution in [-0.4, -0.2) is 49.6 Å². The summed E-state index contributed by atoms with van der Waals surface area (Å²) in [6.07, 6.45) is 2.27. The van der Waals surface area contributed by atoms with Gasteiger partial charge in [-0.1, -0.05) is 13.8 Å². The average Bonchev–Trinajstić information content (AvgIpc) is 2.28. The molecule has 1 rings (SSSR count). The van der Waals surface area contributed by atoms with Crippen LogP contribution in [0, 0.1) is 5.92 Å². The highest BCUT2D eigenvalue weighted by molar-refractivity contribution is 5.77. The van der Waals surface area contributed by atoms with Gasteiger partial charge in [0.2, 0.25) is 5.91 Å². The van der Waals surface area contributed by atoms with Crippen LogP contribution in [0.3, 0.4) is 0 Å². The summed E-state index contributed by atoms with van der Waals surface area (Å²) in [6.45, 7) is 8.79. The van der Waals surface area contributed by atoms with E-state index in [1.807, 2.05) is 0 Å². The van der Waals surface area contributed by atoms with Gasteiger partial charge < -0.3 is 15.5 Å². The Hall–Kier alpha value is -0.610. The second-order valence-corrected chi connectivity index (χ2v) is 5.63. The lowest BCUT2D eigenvalue weighted by Gasteiger charge is -2.35. The minimum Gasteiger partial charge on any atom is -0.355 e. The standard InChI is InChI=1S/C13H27N3O/c1-10(2)8-15-13(17)9-14-12-5-6-16(4)11(3)7-12/h10-12,14H,5-9H2,1-4H3,(H,15,17). The molecule has 0 spiro atoms. The third-order valence-electron chi connectivity index (χ3n) is 3.47. The van der Waals surface area contributed by atoms with Gasteiger partial charge in [-0.3, -0.25) is 4.79 Å². The average molecular weight is 241 g/mol. The van der Waals surface area contributed by atoms with Crippen molar-refractivity contribution in [2.45, 2.75) is 45.7 Å². The van der Waals surface area contributed by atoms with E-state index < -0.39 is 0 Å². The molecule has 0 bridgehead atoms. The number of carbonyl (C=O) groups is 1. The summed E-state index contributed by atoms with van der Waals surface area (Å²) in [4.78, 5) is 13.9. The molecule has 0 radical (unpaired) electrons. The third kappa shape index (κ3) is 5.50. The summed E-state index contributed by atoms with van der Waals surface area (Å²) in [5.41, 5.74) is 0. The minimum absolute atomic E-state index is 0.116. The molecule has 0 aromatic carbocycles. The van der Waals surface area contributed by atoms with Gasteiger partial charge in [-0.25, -0.2) is 0 Å². The molecule has 2 atom stereocenters. The molecule has 0 saturated carbocycles. The number of piperidine rings is 1. The lowest BCUT2D eigenvalue weighted by atomic mass is 9.99. The zero-order chi connectivity index (χ0) is 12.8. The molecule has 100 valence electrons. The fourth-order valence-electron chi connectivity index (χ4n) is 2.09. The smallest absolute Gasteiger partial charge is 0.233 e. The molecule has 1 aliphatic heterocycles. The van der Waals surface area contributed by atoms with E-state index in [0.29, 0.717) is 24.5 Å². The van der Waals surface area contributed by atoms with Crippen LogP contribution in [-0.2, 0) is 4.79 Å². The highest BCUT2D eigenvalue weighted by Gasteiger charge is 2.22. The van der Waals surface area contributed by atoms with Crippen molar-refractivity contribution in [2.75, 3.05) is 26.7 Å². The Kier molecular flexibility index (Phi) is 5.92. The Balaban J connectivity index is 2.16. The van der Waals surface area contributed by atoms with Crippen molar-refractivity contribution >= 4 is 5.91 Å². The summed E-state index contributed by atoms with van der Waals surface area (Å²) >= 11 is 0. The predicted molar refractivity (Wildman–Crippen MR) is 71.0 cm³/mol. The highest BCUT2D eigenvalue weighted by Crippen LogP contribution is 2.14. The lowest BCUT2D eigenvalue weighted by Crippen LogP contribution is -2.48. The van der Waals surface area contributed by atoms with Crippen molar-refractivity contribution in [2.24, 2.45) is 5.92 Å². The monoisotopic (exact) mass is 241 g/mol. The fourth-order valence-corrected chi connectivity index (χ4v) is 2.09. The molecule has 0 aromatic heterocycles. The Bertz CT molecular complexity index is 243. The predicted octanol–water partition coefficient (Wildman–Crippen LogP) is 0.831. The van der Waals surface area contributed by atoms with Crippen LogP contribution in [0.4, 0.5) is 0 Å². The van der Waals surface area contributed by atoms with Crippen LogP contribution in [0.5, 0.6) is 0 Å². The number of carbonyl (C=O) groups excluding carboxylic acids is 1. The first-order chi connectivity index (χ1) is 7.99. The van der Waals surface area contributed by atoms with E-state index in [-0.39, 0.29) is 5.91 Å². The Morgan fingerprint density at radius 1 is 1.47 bits per heavy atom. The number of nitrogens with zero attached hydrogens (tertiary/aromatic N) is 1. The van der Waals surface area contributed by atoms with Crippen LogP contribution in [0.1, 0.15) is 33.6 Å². The van der Waals surface area contributed by atoms with Crippen LogP contribution >= 0.6 is 0 Å². The zero-order valence-corrected chi connectivity index (χ0v) is 11.6. The Morgan fingerprint density at radius 2 is 2.18 bits per heavy atom. The molecular formula is C13H27N3O. The number of likely N-dealkylation sites (tertiary alicyclic amines) is 1. The Morgan fingerprint density at radius 3 is 2.76 bits per heavy atom. The summed E-state index contributed by atoms with van der Waals surface area (Å²) < 4.78 is 0. The van der Waals surface area contributed by atoms with Gasteiger partial charge in [-0.15, -0.1) is 0 Å². The summed E-state index contributed by atoms with van der Waals surface area (Å²) in [5, 5.41) is 6.29. The molecule has 2 unspecified atom stereocenters. The van der Waals surface area contributed by atoms with Crippen molar-refractivity contribution in [1.82, 2.24) is 15.5 Å². The first kappa shape index (κ1) is 14.5. The van der Waals surface area contributed by atoms with Crippen LogP contribution in [0.15, 0.2) is 0 Å². The zero-order valence-electron chi connectivity index (χ0n) is 11.6. The summed E-state index contributed by atoms with van der Waals surface area (Å²) in [5.74, 6) is 0.632. The van der Waals surface area contributed by atoms with Gasteiger partial charge >= 0.3 is 0 Å². The van der Waals surface area contributed by atoms with E-state index in [4.69, 9.17) is 0 Å². The molecule has 0 aliphatic carbocycles. The van der Waals surface area contributed by atoms with E-state index in [1.165, 1.54) is 0 Å².